The van der Waals surface area contributed by atoms with Crippen molar-refractivity contribution in [3.8, 4) is 23.0 Å². The third-order valence-electron chi connectivity index (χ3n) is 5.37. The maximum absolute atomic E-state index is 13.5. The Morgan fingerprint density at radius 3 is 1.68 bits per heavy atom. The Morgan fingerprint density at radius 2 is 1.29 bits per heavy atom. The van der Waals surface area contributed by atoms with Gasteiger partial charge in [-0.15, -0.1) is 0 Å². The Kier molecular flexibility index (Phi) is 8.19. The summed E-state index contributed by atoms with van der Waals surface area (Å²) < 4.78 is 26.6. The number of carbonyl (C=O) groups excluding carboxylic acids is 2. The zero-order chi connectivity index (χ0) is 24.7. The van der Waals surface area contributed by atoms with Gasteiger partial charge >= 0.3 is 6.09 Å². The lowest BCUT2D eigenvalue weighted by molar-refractivity contribution is -0.113. The Labute approximate surface area is 199 Å². The molecule has 1 saturated heterocycles. The fourth-order valence-corrected chi connectivity index (χ4v) is 3.63. The molecule has 0 atom stereocenters. The van der Waals surface area contributed by atoms with E-state index in [2.05, 4.69) is 0 Å². The molecule has 1 aliphatic rings. The van der Waals surface area contributed by atoms with Crippen LogP contribution >= 0.6 is 0 Å². The summed E-state index contributed by atoms with van der Waals surface area (Å²) in [6.45, 7) is 2.21. The maximum Gasteiger partial charge on any atom is 0.410 e. The lowest BCUT2D eigenvalue weighted by atomic mass is 9.94. The second kappa shape index (κ2) is 11.3. The van der Waals surface area contributed by atoms with Crippen LogP contribution in [0.4, 0.5) is 4.79 Å². The average molecular weight is 468 g/mol. The Hall–Kier alpha value is -3.94. The molecule has 0 unspecified atom stereocenters. The number of methoxy groups -OCH3 is 4. The van der Waals surface area contributed by atoms with Gasteiger partial charge in [-0.25, -0.2) is 4.79 Å². The summed E-state index contributed by atoms with van der Waals surface area (Å²) in [5.41, 5.74) is 2.25. The molecule has 2 aromatic rings. The second-order valence-corrected chi connectivity index (χ2v) is 7.44. The normalized spacial score (nSPS) is 15.9. The summed E-state index contributed by atoms with van der Waals surface area (Å²) in [6.07, 6.45) is 2.96. The molecule has 1 fully saturated rings. The van der Waals surface area contributed by atoms with Crippen molar-refractivity contribution in [3.05, 3.63) is 58.7 Å². The Balaban J connectivity index is 2.06. The van der Waals surface area contributed by atoms with E-state index in [9.17, 15) is 9.59 Å². The number of carbonyl (C=O) groups is 2. The number of ketones is 1. The Bertz CT molecular complexity index is 1040. The summed E-state index contributed by atoms with van der Waals surface area (Å²) >= 11 is 0. The molecule has 1 amide bonds. The predicted octanol–water partition coefficient (Wildman–Crippen LogP) is 4.23. The van der Waals surface area contributed by atoms with Crippen molar-refractivity contribution in [2.24, 2.45) is 0 Å². The number of amides is 1. The van der Waals surface area contributed by atoms with Crippen LogP contribution in [0.3, 0.4) is 0 Å². The number of benzene rings is 2. The van der Waals surface area contributed by atoms with Crippen LogP contribution in [-0.2, 0) is 9.53 Å². The largest absolute Gasteiger partial charge is 0.497 e. The minimum atomic E-state index is -0.491. The summed E-state index contributed by atoms with van der Waals surface area (Å²) in [5, 5.41) is 0. The summed E-state index contributed by atoms with van der Waals surface area (Å²) in [5.74, 6) is 2.20. The molecule has 0 N–H and O–H groups in total. The van der Waals surface area contributed by atoms with E-state index in [-0.39, 0.29) is 25.5 Å². The molecule has 0 radical (unpaired) electrons. The third-order valence-corrected chi connectivity index (χ3v) is 5.37. The van der Waals surface area contributed by atoms with Crippen LogP contribution in [0.5, 0.6) is 23.0 Å². The van der Waals surface area contributed by atoms with Gasteiger partial charge in [0.05, 0.1) is 48.1 Å². The van der Waals surface area contributed by atoms with Gasteiger partial charge < -0.3 is 23.7 Å². The summed E-state index contributed by atoms with van der Waals surface area (Å²) in [6, 6.07) is 10.6. The molecule has 3 rings (SSSR count). The molecular formula is C26H29NO7. The number of piperidine rings is 1. The maximum atomic E-state index is 13.5. The van der Waals surface area contributed by atoms with Crippen LogP contribution < -0.4 is 18.9 Å². The van der Waals surface area contributed by atoms with E-state index in [0.717, 1.165) is 0 Å². The van der Waals surface area contributed by atoms with Crippen molar-refractivity contribution in [3.63, 3.8) is 0 Å². The number of hydrogen-bond acceptors (Lipinski definition) is 7. The predicted molar refractivity (Wildman–Crippen MR) is 129 cm³/mol. The number of ether oxygens (including phenoxy) is 5. The molecule has 1 heterocycles. The monoisotopic (exact) mass is 467 g/mol. The Morgan fingerprint density at radius 1 is 0.824 bits per heavy atom. The first-order chi connectivity index (χ1) is 16.4. The van der Waals surface area contributed by atoms with Crippen LogP contribution in [0.25, 0.3) is 12.2 Å². The van der Waals surface area contributed by atoms with Gasteiger partial charge in [-0.3, -0.25) is 9.69 Å². The summed E-state index contributed by atoms with van der Waals surface area (Å²) in [7, 11) is 6.23. The van der Waals surface area contributed by atoms with E-state index in [1.54, 1.807) is 83.9 Å². The molecule has 0 aromatic heterocycles. The first-order valence-corrected chi connectivity index (χ1v) is 10.8. The fourth-order valence-electron chi connectivity index (χ4n) is 3.63. The number of nitrogens with zero attached hydrogens (tertiary/aromatic N) is 1. The van der Waals surface area contributed by atoms with E-state index in [1.807, 2.05) is 0 Å². The lowest BCUT2D eigenvalue weighted by Gasteiger charge is -2.29. The van der Waals surface area contributed by atoms with E-state index in [0.29, 0.717) is 45.3 Å². The first-order valence-electron chi connectivity index (χ1n) is 10.8. The molecule has 8 heteroatoms. The van der Waals surface area contributed by atoms with Crippen LogP contribution in [0.1, 0.15) is 18.1 Å². The first kappa shape index (κ1) is 24.7. The fraction of sp³-hybridized carbons (Fsp3) is 0.308. The SMILES string of the molecule is CCOC(=O)N1CC(=Cc2ccc(OC)cc2OC)C(=O)C(=Cc2ccc(OC)cc2OC)C1. The van der Waals surface area contributed by atoms with E-state index >= 15 is 0 Å². The highest BCUT2D eigenvalue weighted by atomic mass is 16.6. The van der Waals surface area contributed by atoms with Crippen LogP contribution in [0.15, 0.2) is 47.5 Å². The van der Waals surface area contributed by atoms with Crippen LogP contribution in [-0.4, -0.2) is 64.9 Å². The van der Waals surface area contributed by atoms with Crippen molar-refractivity contribution in [1.82, 2.24) is 4.90 Å². The molecule has 0 bridgehead atoms. The smallest absolute Gasteiger partial charge is 0.410 e. The van der Waals surface area contributed by atoms with Gasteiger partial charge in [0, 0.05) is 34.4 Å². The van der Waals surface area contributed by atoms with Gasteiger partial charge in [-0.1, -0.05) is 0 Å². The second-order valence-electron chi connectivity index (χ2n) is 7.44. The van der Waals surface area contributed by atoms with Crippen LogP contribution in [0, 0.1) is 0 Å². The quantitative estimate of drug-likeness (QED) is 0.564. The third kappa shape index (κ3) is 5.51. The van der Waals surface area contributed by atoms with Crippen molar-refractivity contribution in [2.75, 3.05) is 48.1 Å². The van der Waals surface area contributed by atoms with E-state index in [1.165, 1.54) is 4.90 Å². The minimum Gasteiger partial charge on any atom is -0.497 e. The molecule has 0 saturated carbocycles. The molecule has 1 aliphatic heterocycles. The van der Waals surface area contributed by atoms with Gasteiger partial charge in [0.2, 0.25) is 0 Å². The van der Waals surface area contributed by atoms with Crippen LogP contribution in [0.2, 0.25) is 0 Å². The van der Waals surface area contributed by atoms with Gasteiger partial charge in [0.25, 0.3) is 0 Å². The zero-order valence-corrected chi connectivity index (χ0v) is 20.0. The highest BCUT2D eigenvalue weighted by Gasteiger charge is 2.30. The number of hydrogen-bond donors (Lipinski definition) is 0. The number of Topliss-reactive ketones (excluding diaryl/α,β-unsaturated/α-hetero) is 1. The molecule has 0 aliphatic carbocycles. The molecule has 2 aromatic carbocycles. The van der Waals surface area contributed by atoms with Gasteiger partial charge in [0.1, 0.15) is 23.0 Å². The molecule has 0 spiro atoms. The summed E-state index contributed by atoms with van der Waals surface area (Å²) in [4.78, 5) is 27.5. The molecule has 8 nitrogen and oxygen atoms in total. The van der Waals surface area contributed by atoms with Crippen molar-refractivity contribution < 1.29 is 33.3 Å². The highest BCUT2D eigenvalue weighted by Crippen LogP contribution is 2.31. The van der Waals surface area contributed by atoms with Crippen molar-refractivity contribution in [2.45, 2.75) is 6.92 Å². The highest BCUT2D eigenvalue weighted by molar-refractivity contribution is 6.15. The van der Waals surface area contributed by atoms with Gasteiger partial charge in [0.15, 0.2) is 5.78 Å². The average Bonchev–Trinajstić information content (AvgIpc) is 2.86. The van der Waals surface area contributed by atoms with Gasteiger partial charge in [-0.2, -0.15) is 0 Å². The van der Waals surface area contributed by atoms with E-state index < -0.39 is 6.09 Å². The molecule has 180 valence electrons. The number of rotatable bonds is 7. The topological polar surface area (TPSA) is 83.5 Å². The molecular weight excluding hydrogens is 438 g/mol. The minimum absolute atomic E-state index is 0.115. The standard InChI is InChI=1S/C26H29NO7/c1-6-34-26(29)27-15-19(11-17-7-9-21(30-2)13-23(17)32-4)25(28)20(16-27)12-18-8-10-22(31-3)14-24(18)33-5/h7-14H,6,15-16H2,1-5H3. The lowest BCUT2D eigenvalue weighted by Crippen LogP contribution is -2.41. The van der Waals surface area contributed by atoms with Crippen molar-refractivity contribution in [1.29, 1.82) is 0 Å². The number of likely N-dealkylation sites (tertiary alicyclic amines) is 1. The van der Waals surface area contributed by atoms with Crippen molar-refractivity contribution >= 4 is 24.0 Å². The molecule has 34 heavy (non-hydrogen) atoms. The van der Waals surface area contributed by atoms with E-state index in [4.69, 9.17) is 23.7 Å². The zero-order valence-electron chi connectivity index (χ0n) is 20.0. The van der Waals surface area contributed by atoms with Gasteiger partial charge in [-0.05, 0) is 43.3 Å².